The number of nitrogens with zero attached hydrogens (tertiary/aromatic N) is 2. The lowest BCUT2D eigenvalue weighted by molar-refractivity contribution is 0.593. The molecule has 2 aromatic heterocycles. The fourth-order valence-electron chi connectivity index (χ4n) is 2.28. The van der Waals surface area contributed by atoms with Crippen LogP contribution in [0.2, 0.25) is 0 Å². The summed E-state index contributed by atoms with van der Waals surface area (Å²) in [5.74, 6) is 0.773. The number of nitrogens with one attached hydrogen (secondary N) is 1. The van der Waals surface area contributed by atoms with Gasteiger partial charge in [-0.2, -0.15) is 5.10 Å². The molecule has 0 radical (unpaired) electrons. The molecule has 2 heterocycles. The molecule has 0 aliphatic carbocycles. The third-order valence-corrected chi connectivity index (χ3v) is 5.94. The number of thiophene rings is 1. The first-order valence-electron chi connectivity index (χ1n) is 7.15. The molecule has 0 unspecified atom stereocenters. The van der Waals surface area contributed by atoms with Gasteiger partial charge in [-0.25, -0.2) is 13.4 Å². The number of benzene rings is 1. The molecule has 5 nitrogen and oxygen atoms in total. The van der Waals surface area contributed by atoms with E-state index in [1.165, 1.54) is 11.3 Å². The van der Waals surface area contributed by atoms with Crippen LogP contribution in [0.5, 0.6) is 0 Å². The largest absolute Gasteiger partial charge is 0.262 e. The van der Waals surface area contributed by atoms with Gasteiger partial charge in [0.1, 0.15) is 11.6 Å². The Kier molecular flexibility index (Phi) is 4.32. The van der Waals surface area contributed by atoms with Crippen molar-refractivity contribution in [3.05, 3.63) is 58.2 Å². The minimum absolute atomic E-state index is 0.00313. The van der Waals surface area contributed by atoms with Crippen LogP contribution in [0, 0.1) is 13.8 Å². The Morgan fingerprint density at radius 3 is 2.65 bits per heavy atom. The Balaban J connectivity index is 1.74. The van der Waals surface area contributed by atoms with E-state index in [-0.39, 0.29) is 11.5 Å². The number of hydrogen-bond acceptors (Lipinski definition) is 5. The summed E-state index contributed by atoms with van der Waals surface area (Å²) >= 11 is 1.52. The van der Waals surface area contributed by atoms with Crippen molar-refractivity contribution >= 4 is 21.2 Å². The molecule has 0 aliphatic heterocycles. The first-order valence-corrected chi connectivity index (χ1v) is 9.85. The third kappa shape index (κ3) is 3.86. The van der Waals surface area contributed by atoms with Crippen LogP contribution in [0.25, 0.3) is 10.7 Å². The van der Waals surface area contributed by atoms with Crippen molar-refractivity contribution in [1.29, 1.82) is 0 Å². The van der Waals surface area contributed by atoms with Gasteiger partial charge in [0.05, 0.1) is 10.6 Å². The highest BCUT2D eigenvalue weighted by molar-refractivity contribution is 7.89. The first kappa shape index (κ1) is 15.9. The van der Waals surface area contributed by atoms with Crippen molar-refractivity contribution in [2.45, 2.75) is 25.4 Å². The van der Waals surface area contributed by atoms with Crippen LogP contribution >= 0.6 is 11.3 Å². The fraction of sp³-hybridized carbons (Fsp3) is 0.250. The maximum atomic E-state index is 12.4. The van der Waals surface area contributed by atoms with Crippen molar-refractivity contribution in [1.82, 2.24) is 15.2 Å². The van der Waals surface area contributed by atoms with Gasteiger partial charge in [-0.15, -0.1) is 11.3 Å². The summed E-state index contributed by atoms with van der Waals surface area (Å²) in [4.78, 5) is 5.19. The Bertz CT molecular complexity index is 913. The monoisotopic (exact) mass is 347 g/mol. The number of aromatic amines is 1. The molecule has 0 amide bonds. The fourth-order valence-corrected chi connectivity index (χ4v) is 4.28. The maximum absolute atomic E-state index is 12.4. The van der Waals surface area contributed by atoms with Crippen LogP contribution in [-0.2, 0) is 21.3 Å². The van der Waals surface area contributed by atoms with Crippen molar-refractivity contribution in [2.75, 3.05) is 0 Å². The molecule has 7 heteroatoms. The molecule has 0 aliphatic rings. The quantitative estimate of drug-likeness (QED) is 0.768. The molecule has 0 bridgehead atoms. The summed E-state index contributed by atoms with van der Waals surface area (Å²) in [5, 5.41) is 8.74. The molecule has 1 aromatic carbocycles. The van der Waals surface area contributed by atoms with E-state index >= 15 is 0 Å². The zero-order valence-corrected chi connectivity index (χ0v) is 14.5. The Labute approximate surface area is 139 Å². The molecule has 0 fully saturated rings. The molecule has 3 rings (SSSR count). The summed E-state index contributed by atoms with van der Waals surface area (Å²) in [6.45, 7) is 3.99. The average Bonchev–Trinajstić information content (AvgIpc) is 3.12. The zero-order chi connectivity index (χ0) is 16.4. The third-order valence-electron chi connectivity index (χ3n) is 3.59. The van der Waals surface area contributed by atoms with Crippen LogP contribution in [-0.4, -0.2) is 23.6 Å². The van der Waals surface area contributed by atoms with E-state index in [2.05, 4.69) is 15.2 Å². The normalized spacial score (nSPS) is 11.7. The molecule has 0 saturated carbocycles. The summed E-state index contributed by atoms with van der Waals surface area (Å²) in [6.07, 6.45) is 0. The van der Waals surface area contributed by atoms with Crippen LogP contribution in [0.3, 0.4) is 0 Å². The highest BCUT2D eigenvalue weighted by atomic mass is 32.2. The van der Waals surface area contributed by atoms with Crippen LogP contribution in [0.15, 0.2) is 35.7 Å². The highest BCUT2D eigenvalue weighted by Crippen LogP contribution is 2.21. The van der Waals surface area contributed by atoms with Crippen molar-refractivity contribution in [3.63, 3.8) is 0 Å². The van der Waals surface area contributed by atoms with Crippen LogP contribution in [0.4, 0.5) is 0 Å². The predicted octanol–water partition coefficient (Wildman–Crippen LogP) is 3.27. The molecule has 1 N–H and O–H groups in total. The first-order chi connectivity index (χ1) is 10.9. The minimum Gasteiger partial charge on any atom is -0.262 e. The number of sulfone groups is 1. The van der Waals surface area contributed by atoms with Crippen molar-refractivity contribution in [2.24, 2.45) is 0 Å². The van der Waals surface area contributed by atoms with E-state index in [9.17, 15) is 8.42 Å². The Hall–Kier alpha value is -1.99. The molecular formula is C16H17N3O2S2. The van der Waals surface area contributed by atoms with Gasteiger partial charge < -0.3 is 0 Å². The second kappa shape index (κ2) is 6.25. The van der Waals surface area contributed by atoms with E-state index < -0.39 is 9.84 Å². The van der Waals surface area contributed by atoms with Crippen molar-refractivity contribution < 1.29 is 8.42 Å². The van der Waals surface area contributed by atoms with Gasteiger partial charge in [-0.05, 0) is 42.0 Å². The van der Waals surface area contributed by atoms with Gasteiger partial charge in [0.25, 0.3) is 0 Å². The van der Waals surface area contributed by atoms with Crippen LogP contribution < -0.4 is 0 Å². The van der Waals surface area contributed by atoms with Gasteiger partial charge in [-0.1, -0.05) is 24.3 Å². The molecule has 120 valence electrons. The zero-order valence-electron chi connectivity index (χ0n) is 12.9. The second-order valence-corrected chi connectivity index (χ2v) is 8.55. The Morgan fingerprint density at radius 1 is 1.13 bits per heavy atom. The SMILES string of the molecule is Cc1ccc(CS(=O)(=O)Cc2nc(-c3cccs3)n[nH]2)cc1C. The summed E-state index contributed by atoms with van der Waals surface area (Å²) in [6, 6.07) is 9.54. The minimum atomic E-state index is -3.30. The van der Waals surface area contributed by atoms with Gasteiger partial charge in [0.15, 0.2) is 15.7 Å². The topological polar surface area (TPSA) is 75.7 Å². The molecule has 0 saturated heterocycles. The second-order valence-electron chi connectivity index (χ2n) is 5.53. The smallest absolute Gasteiger partial charge is 0.191 e. The molecule has 3 aromatic rings. The Morgan fingerprint density at radius 2 is 1.96 bits per heavy atom. The predicted molar refractivity (Wildman–Crippen MR) is 91.9 cm³/mol. The lowest BCUT2D eigenvalue weighted by Gasteiger charge is -2.05. The van der Waals surface area contributed by atoms with E-state index in [1.807, 2.05) is 49.6 Å². The van der Waals surface area contributed by atoms with E-state index in [0.29, 0.717) is 11.6 Å². The number of hydrogen-bond donors (Lipinski definition) is 1. The molecule has 0 atom stereocenters. The summed E-state index contributed by atoms with van der Waals surface area (Å²) < 4.78 is 24.8. The van der Waals surface area contributed by atoms with Gasteiger partial charge in [0, 0.05) is 0 Å². The summed E-state index contributed by atoms with van der Waals surface area (Å²) in [5.41, 5.74) is 3.05. The van der Waals surface area contributed by atoms with Crippen molar-refractivity contribution in [3.8, 4) is 10.7 Å². The number of H-pyrrole nitrogens is 1. The number of rotatable bonds is 5. The van der Waals surface area contributed by atoms with Gasteiger partial charge in [0.2, 0.25) is 0 Å². The van der Waals surface area contributed by atoms with Crippen LogP contribution in [0.1, 0.15) is 22.5 Å². The van der Waals surface area contributed by atoms with E-state index in [0.717, 1.165) is 21.6 Å². The number of aryl methyl sites for hydroxylation is 2. The lowest BCUT2D eigenvalue weighted by atomic mass is 10.1. The highest BCUT2D eigenvalue weighted by Gasteiger charge is 2.17. The molecule has 23 heavy (non-hydrogen) atoms. The van der Waals surface area contributed by atoms with E-state index in [1.54, 1.807) is 0 Å². The summed E-state index contributed by atoms with van der Waals surface area (Å²) in [7, 11) is -3.30. The number of aromatic nitrogens is 3. The maximum Gasteiger partial charge on any atom is 0.191 e. The lowest BCUT2D eigenvalue weighted by Crippen LogP contribution is -2.09. The standard InChI is InChI=1S/C16H17N3O2S2/c1-11-5-6-13(8-12(11)2)9-23(20,21)10-15-17-16(19-18-15)14-4-3-7-22-14/h3-8H,9-10H2,1-2H3,(H,17,18,19). The van der Waals surface area contributed by atoms with Gasteiger partial charge in [-0.3, -0.25) is 5.10 Å². The van der Waals surface area contributed by atoms with Gasteiger partial charge >= 0.3 is 0 Å². The van der Waals surface area contributed by atoms with E-state index in [4.69, 9.17) is 0 Å². The average molecular weight is 347 g/mol. The molecular weight excluding hydrogens is 330 g/mol. The molecule has 0 spiro atoms.